The number of carbonyl (C=O) groups excluding carboxylic acids is 1. The molecule has 3 rings (SSSR count). The van der Waals surface area contributed by atoms with Crippen molar-refractivity contribution in [2.45, 2.75) is 31.7 Å². The van der Waals surface area contributed by atoms with E-state index in [4.69, 9.17) is 4.74 Å². The first-order valence-corrected chi connectivity index (χ1v) is 12.7. The van der Waals surface area contributed by atoms with Crippen molar-refractivity contribution in [3.8, 4) is 5.75 Å². The van der Waals surface area contributed by atoms with Gasteiger partial charge >= 0.3 is 0 Å². The number of hydrogen-bond acceptors (Lipinski definition) is 5. The molecule has 33 heavy (non-hydrogen) atoms. The monoisotopic (exact) mass is 471 g/mol. The van der Waals surface area contributed by atoms with Crippen LogP contribution in [0.1, 0.15) is 25.0 Å². The predicted octanol–water partition coefficient (Wildman–Crippen LogP) is 2.92. The predicted molar refractivity (Wildman–Crippen MR) is 131 cm³/mol. The molecule has 0 bridgehead atoms. The summed E-state index contributed by atoms with van der Waals surface area (Å²) >= 11 is 0. The zero-order chi connectivity index (χ0) is 23.8. The van der Waals surface area contributed by atoms with E-state index in [0.717, 1.165) is 19.6 Å². The van der Waals surface area contributed by atoms with Crippen LogP contribution in [0.3, 0.4) is 0 Å². The normalized spacial score (nSPS) is 15.3. The molecule has 1 heterocycles. The number of amides is 1. The Morgan fingerprint density at radius 2 is 1.79 bits per heavy atom. The van der Waals surface area contributed by atoms with Crippen molar-refractivity contribution < 1.29 is 17.9 Å². The van der Waals surface area contributed by atoms with Crippen molar-refractivity contribution >= 4 is 22.0 Å². The molecule has 7 nitrogen and oxygen atoms in total. The number of rotatable bonds is 9. The molecular weight excluding hydrogens is 438 g/mol. The second-order valence-corrected chi connectivity index (χ2v) is 10.2. The van der Waals surface area contributed by atoms with Gasteiger partial charge in [-0.25, -0.2) is 13.1 Å². The molecule has 1 N–H and O–H groups in total. The number of piperazine rings is 1. The fourth-order valence-electron chi connectivity index (χ4n) is 3.64. The van der Waals surface area contributed by atoms with Gasteiger partial charge in [-0.1, -0.05) is 42.5 Å². The molecule has 0 aliphatic carbocycles. The van der Waals surface area contributed by atoms with E-state index in [-0.39, 0.29) is 23.5 Å². The van der Waals surface area contributed by atoms with E-state index in [1.807, 2.05) is 23.1 Å². The number of sulfonamides is 1. The lowest BCUT2D eigenvalue weighted by molar-refractivity contribution is -0.135. The number of benzene rings is 2. The van der Waals surface area contributed by atoms with Gasteiger partial charge in [-0.05, 0) is 50.1 Å². The standard InChI is InChI=1S/C25H33N3O4S/c1-20(2)26-33(30,31)23-11-12-24(21(3)18-23)32-19-25(29)28-16-14-27(15-17-28)13-7-10-22-8-5-4-6-9-22/h4-12,18,20,26H,13-17,19H2,1-3H3/b10-7+. The van der Waals surface area contributed by atoms with E-state index < -0.39 is 10.0 Å². The Balaban J connectivity index is 1.45. The highest BCUT2D eigenvalue weighted by molar-refractivity contribution is 7.89. The topological polar surface area (TPSA) is 78.9 Å². The fraction of sp³-hybridized carbons (Fsp3) is 0.400. The van der Waals surface area contributed by atoms with Crippen LogP contribution in [0.2, 0.25) is 0 Å². The molecule has 1 fully saturated rings. The second-order valence-electron chi connectivity index (χ2n) is 8.49. The first kappa shape index (κ1) is 25.0. The lowest BCUT2D eigenvalue weighted by Crippen LogP contribution is -2.49. The molecule has 0 spiro atoms. The molecule has 1 amide bonds. The van der Waals surface area contributed by atoms with Gasteiger partial charge in [0.2, 0.25) is 10.0 Å². The molecular formula is C25H33N3O4S. The lowest BCUT2D eigenvalue weighted by Gasteiger charge is -2.34. The van der Waals surface area contributed by atoms with Crippen LogP contribution < -0.4 is 9.46 Å². The lowest BCUT2D eigenvalue weighted by atomic mass is 10.2. The molecule has 0 saturated carbocycles. The van der Waals surface area contributed by atoms with Gasteiger partial charge in [0, 0.05) is 38.8 Å². The van der Waals surface area contributed by atoms with Crippen LogP contribution in [-0.4, -0.2) is 69.5 Å². The van der Waals surface area contributed by atoms with E-state index in [1.165, 1.54) is 11.6 Å². The molecule has 2 aromatic carbocycles. The van der Waals surface area contributed by atoms with Gasteiger partial charge < -0.3 is 9.64 Å². The first-order chi connectivity index (χ1) is 15.7. The highest BCUT2D eigenvalue weighted by atomic mass is 32.2. The average Bonchev–Trinajstić information content (AvgIpc) is 2.78. The van der Waals surface area contributed by atoms with Gasteiger partial charge in [0.05, 0.1) is 4.90 Å². The molecule has 1 saturated heterocycles. The Kier molecular flexibility index (Phi) is 8.66. The summed E-state index contributed by atoms with van der Waals surface area (Å²) in [5.74, 6) is 0.448. The third-order valence-electron chi connectivity index (χ3n) is 5.40. The van der Waals surface area contributed by atoms with E-state index in [9.17, 15) is 13.2 Å². The number of ether oxygens (including phenoxy) is 1. The van der Waals surface area contributed by atoms with Crippen LogP contribution in [0.15, 0.2) is 59.5 Å². The molecule has 0 aromatic heterocycles. The summed E-state index contributed by atoms with van der Waals surface area (Å²) in [7, 11) is -3.57. The summed E-state index contributed by atoms with van der Waals surface area (Å²) in [6.45, 7) is 9.08. The maximum Gasteiger partial charge on any atom is 0.260 e. The zero-order valence-corrected chi connectivity index (χ0v) is 20.3. The minimum absolute atomic E-state index is 0.0629. The number of aryl methyl sites for hydroxylation is 1. The van der Waals surface area contributed by atoms with Gasteiger partial charge in [-0.3, -0.25) is 9.69 Å². The van der Waals surface area contributed by atoms with Crippen LogP contribution in [0, 0.1) is 6.92 Å². The number of nitrogens with zero attached hydrogens (tertiary/aromatic N) is 2. The maximum atomic E-state index is 12.6. The minimum atomic E-state index is -3.57. The summed E-state index contributed by atoms with van der Waals surface area (Å²) in [5, 5.41) is 0. The number of hydrogen-bond donors (Lipinski definition) is 1. The Morgan fingerprint density at radius 1 is 1.09 bits per heavy atom. The Labute approximate surface area is 197 Å². The Hall–Kier alpha value is -2.68. The van der Waals surface area contributed by atoms with Crippen molar-refractivity contribution in [1.82, 2.24) is 14.5 Å². The molecule has 0 atom stereocenters. The van der Waals surface area contributed by atoms with Crippen molar-refractivity contribution in [3.63, 3.8) is 0 Å². The molecule has 1 aliphatic rings. The summed E-state index contributed by atoms with van der Waals surface area (Å²) in [6, 6.07) is 14.7. The second kappa shape index (κ2) is 11.4. The van der Waals surface area contributed by atoms with Crippen LogP contribution >= 0.6 is 0 Å². The quantitative estimate of drug-likeness (QED) is 0.608. The van der Waals surface area contributed by atoms with Gasteiger partial charge in [0.25, 0.3) is 5.91 Å². The number of carbonyl (C=O) groups is 1. The Bertz CT molecular complexity index is 1060. The van der Waals surface area contributed by atoms with Crippen molar-refractivity contribution in [1.29, 1.82) is 0 Å². The van der Waals surface area contributed by atoms with Crippen molar-refractivity contribution in [3.05, 3.63) is 65.7 Å². The summed E-state index contributed by atoms with van der Waals surface area (Å²) < 4.78 is 32.9. The Morgan fingerprint density at radius 3 is 2.42 bits per heavy atom. The van der Waals surface area contributed by atoms with E-state index in [0.29, 0.717) is 24.4 Å². The smallest absolute Gasteiger partial charge is 0.260 e. The summed E-state index contributed by atoms with van der Waals surface area (Å²) in [4.78, 5) is 16.9. The highest BCUT2D eigenvalue weighted by Crippen LogP contribution is 2.22. The van der Waals surface area contributed by atoms with Crippen molar-refractivity contribution in [2.24, 2.45) is 0 Å². The van der Waals surface area contributed by atoms with Gasteiger partial charge in [-0.2, -0.15) is 0 Å². The maximum absolute atomic E-state index is 12.6. The van der Waals surface area contributed by atoms with Crippen LogP contribution in [0.5, 0.6) is 5.75 Å². The highest BCUT2D eigenvalue weighted by Gasteiger charge is 2.21. The molecule has 178 valence electrons. The van der Waals surface area contributed by atoms with E-state index >= 15 is 0 Å². The van der Waals surface area contributed by atoms with Crippen LogP contribution in [-0.2, 0) is 14.8 Å². The summed E-state index contributed by atoms with van der Waals surface area (Å²) in [5.41, 5.74) is 1.85. The molecule has 8 heteroatoms. The van der Waals surface area contributed by atoms with Crippen molar-refractivity contribution in [2.75, 3.05) is 39.3 Å². The SMILES string of the molecule is Cc1cc(S(=O)(=O)NC(C)C)ccc1OCC(=O)N1CCN(C/C=C/c2ccccc2)CC1. The fourth-order valence-corrected chi connectivity index (χ4v) is 4.98. The third kappa shape index (κ3) is 7.42. The average molecular weight is 472 g/mol. The van der Waals surface area contributed by atoms with Gasteiger partial charge in [-0.15, -0.1) is 0 Å². The van der Waals surface area contributed by atoms with Gasteiger partial charge in [0.15, 0.2) is 6.61 Å². The number of nitrogens with one attached hydrogen (secondary N) is 1. The minimum Gasteiger partial charge on any atom is -0.483 e. The molecule has 2 aromatic rings. The molecule has 1 aliphatic heterocycles. The van der Waals surface area contributed by atoms with E-state index in [1.54, 1.807) is 32.9 Å². The largest absolute Gasteiger partial charge is 0.483 e. The van der Waals surface area contributed by atoms with E-state index in [2.05, 4.69) is 33.9 Å². The van der Waals surface area contributed by atoms with Gasteiger partial charge in [0.1, 0.15) is 5.75 Å². The third-order valence-corrected chi connectivity index (χ3v) is 7.05. The first-order valence-electron chi connectivity index (χ1n) is 11.2. The zero-order valence-electron chi connectivity index (χ0n) is 19.5. The molecule has 0 unspecified atom stereocenters. The molecule has 0 radical (unpaired) electrons. The van der Waals surface area contributed by atoms with Crippen LogP contribution in [0.25, 0.3) is 6.08 Å². The summed E-state index contributed by atoms with van der Waals surface area (Å²) in [6.07, 6.45) is 4.27. The van der Waals surface area contributed by atoms with Crippen LogP contribution in [0.4, 0.5) is 0 Å².